The van der Waals surface area contributed by atoms with E-state index < -0.39 is 11.6 Å². The van der Waals surface area contributed by atoms with Gasteiger partial charge in [-0.2, -0.15) is 0 Å². The Hall–Kier alpha value is -0.870. The van der Waals surface area contributed by atoms with Crippen LogP contribution in [-0.2, 0) is 4.79 Å². The molecule has 0 heterocycles. The Balaban J connectivity index is 2.26. The van der Waals surface area contributed by atoms with Crippen molar-refractivity contribution in [1.82, 2.24) is 5.32 Å². The molecule has 1 aliphatic carbocycles. The van der Waals surface area contributed by atoms with Gasteiger partial charge in [-0.25, -0.2) is 4.79 Å². The highest BCUT2D eigenvalue weighted by molar-refractivity contribution is 5.85. The Bertz CT molecular complexity index is 291. The van der Waals surface area contributed by atoms with Crippen LogP contribution < -0.4 is 5.32 Å². The summed E-state index contributed by atoms with van der Waals surface area (Å²) in [5.41, 5.74) is -0.265. The highest BCUT2D eigenvalue weighted by Crippen LogP contribution is 2.31. The number of rotatable bonds is 5. The molecule has 1 rings (SSSR count). The second-order valence-corrected chi connectivity index (χ2v) is 5.23. The van der Waals surface area contributed by atoms with Crippen molar-refractivity contribution < 1.29 is 15.0 Å². The maximum absolute atomic E-state index is 10.5. The summed E-state index contributed by atoms with van der Waals surface area (Å²) in [7, 11) is 0. The molecule has 0 amide bonds. The van der Waals surface area contributed by atoms with Gasteiger partial charge in [-0.3, -0.25) is 0 Å². The van der Waals surface area contributed by atoms with Crippen LogP contribution in [0.5, 0.6) is 0 Å². The fourth-order valence-corrected chi connectivity index (χ4v) is 2.09. The first-order valence-electron chi connectivity index (χ1n) is 6.26. The minimum atomic E-state index is -0.892. The predicted molar refractivity (Wildman–Crippen MR) is 66.8 cm³/mol. The molecule has 0 spiro atoms. The Morgan fingerprint density at radius 1 is 1.47 bits per heavy atom. The Labute approximate surface area is 103 Å². The van der Waals surface area contributed by atoms with Crippen LogP contribution in [0.2, 0.25) is 0 Å². The van der Waals surface area contributed by atoms with Gasteiger partial charge in [0.05, 0.1) is 5.60 Å². The van der Waals surface area contributed by atoms with Crippen LogP contribution in [0.15, 0.2) is 11.6 Å². The molecule has 0 aromatic heterocycles. The van der Waals surface area contributed by atoms with Gasteiger partial charge in [0.15, 0.2) is 0 Å². The lowest BCUT2D eigenvalue weighted by Crippen LogP contribution is -2.43. The molecule has 98 valence electrons. The van der Waals surface area contributed by atoms with Crippen molar-refractivity contribution in [3.63, 3.8) is 0 Å². The molecule has 3 N–H and O–H groups in total. The van der Waals surface area contributed by atoms with E-state index in [1.54, 1.807) is 13.0 Å². The summed E-state index contributed by atoms with van der Waals surface area (Å²) in [5.74, 6) is -0.179. The third-order valence-electron chi connectivity index (χ3n) is 3.55. The van der Waals surface area contributed by atoms with E-state index in [1.165, 1.54) is 0 Å². The van der Waals surface area contributed by atoms with Crippen LogP contribution in [0.4, 0.5) is 0 Å². The van der Waals surface area contributed by atoms with Gasteiger partial charge in [-0.05, 0) is 38.5 Å². The molecule has 0 radical (unpaired) electrons. The molecule has 0 aliphatic heterocycles. The summed E-state index contributed by atoms with van der Waals surface area (Å²) in [4.78, 5) is 10.5. The van der Waals surface area contributed by atoms with E-state index in [1.807, 2.05) is 0 Å². The molecule has 4 nitrogen and oxygen atoms in total. The lowest BCUT2D eigenvalue weighted by atomic mass is 9.79. The number of carboxylic acids is 1. The van der Waals surface area contributed by atoms with Gasteiger partial charge in [0, 0.05) is 18.7 Å². The summed E-state index contributed by atoms with van der Waals surface area (Å²) in [6.45, 7) is 4.83. The van der Waals surface area contributed by atoms with Crippen molar-refractivity contribution in [2.45, 2.75) is 45.1 Å². The quantitative estimate of drug-likeness (QED) is 0.504. The topological polar surface area (TPSA) is 69.6 Å². The molecule has 17 heavy (non-hydrogen) atoms. The van der Waals surface area contributed by atoms with E-state index in [-0.39, 0.29) is 0 Å². The molecule has 0 saturated heterocycles. The molecule has 1 fully saturated rings. The van der Waals surface area contributed by atoms with Gasteiger partial charge in [-0.15, -0.1) is 0 Å². The molecule has 0 unspecified atom stereocenters. The van der Waals surface area contributed by atoms with Gasteiger partial charge in [-0.1, -0.05) is 13.0 Å². The molecule has 4 heteroatoms. The van der Waals surface area contributed by atoms with E-state index in [2.05, 4.69) is 12.2 Å². The monoisotopic (exact) mass is 241 g/mol. The lowest BCUT2D eigenvalue weighted by molar-refractivity contribution is -0.132. The van der Waals surface area contributed by atoms with Crippen LogP contribution in [0.25, 0.3) is 0 Å². The fourth-order valence-electron chi connectivity index (χ4n) is 2.09. The number of carbonyl (C=O) groups is 1. The third-order valence-corrected chi connectivity index (χ3v) is 3.55. The van der Waals surface area contributed by atoms with Crippen molar-refractivity contribution >= 4 is 5.97 Å². The van der Waals surface area contributed by atoms with E-state index >= 15 is 0 Å². The number of nitrogens with one attached hydrogen (secondary N) is 1. The third kappa shape index (κ3) is 4.88. The number of aliphatic carboxylic acids is 1. The Morgan fingerprint density at radius 2 is 2.06 bits per heavy atom. The summed E-state index contributed by atoms with van der Waals surface area (Å²) in [5, 5.41) is 22.0. The molecule has 1 aliphatic rings. The second kappa shape index (κ2) is 6.17. The normalized spacial score (nSPS) is 30.3. The summed E-state index contributed by atoms with van der Waals surface area (Å²) >= 11 is 0. The molecule has 0 atom stereocenters. The maximum Gasteiger partial charge on any atom is 0.330 e. The Kier molecular flexibility index (Phi) is 5.15. The zero-order chi connectivity index (χ0) is 12.9. The van der Waals surface area contributed by atoms with Gasteiger partial charge in [0.25, 0.3) is 0 Å². The number of hydrogen-bond acceptors (Lipinski definition) is 3. The van der Waals surface area contributed by atoms with Crippen LogP contribution in [-0.4, -0.2) is 34.9 Å². The van der Waals surface area contributed by atoms with Crippen molar-refractivity contribution in [3.05, 3.63) is 11.6 Å². The molecule has 0 bridgehead atoms. The average Bonchev–Trinajstić information content (AvgIpc) is 2.28. The number of carboxylic acid groups (broad SMARTS) is 1. The fraction of sp³-hybridized carbons (Fsp3) is 0.769. The zero-order valence-electron chi connectivity index (χ0n) is 10.7. The van der Waals surface area contributed by atoms with Crippen molar-refractivity contribution in [3.8, 4) is 0 Å². The van der Waals surface area contributed by atoms with Crippen LogP contribution >= 0.6 is 0 Å². The summed E-state index contributed by atoms with van der Waals surface area (Å²) in [6, 6.07) is 0. The summed E-state index contributed by atoms with van der Waals surface area (Å²) in [6.07, 6.45) is 5.45. The maximum atomic E-state index is 10.5. The minimum absolute atomic E-state index is 0.335. The van der Waals surface area contributed by atoms with Crippen molar-refractivity contribution in [2.75, 3.05) is 13.1 Å². The van der Waals surface area contributed by atoms with Gasteiger partial charge >= 0.3 is 5.97 Å². The molecular weight excluding hydrogens is 218 g/mol. The summed E-state index contributed by atoms with van der Waals surface area (Å²) < 4.78 is 0. The first-order chi connectivity index (χ1) is 7.93. The largest absolute Gasteiger partial charge is 0.478 e. The smallest absolute Gasteiger partial charge is 0.330 e. The highest BCUT2D eigenvalue weighted by atomic mass is 16.4. The molecule has 1 saturated carbocycles. The van der Waals surface area contributed by atoms with E-state index in [4.69, 9.17) is 5.11 Å². The van der Waals surface area contributed by atoms with Gasteiger partial charge < -0.3 is 15.5 Å². The molecule has 0 aromatic rings. The SMILES string of the molecule is C/C(=C/CNCC1(O)CCC(C)CC1)C(=O)O. The second-order valence-electron chi connectivity index (χ2n) is 5.23. The van der Waals surface area contributed by atoms with Crippen LogP contribution in [0.1, 0.15) is 39.5 Å². The number of hydrogen-bond donors (Lipinski definition) is 3. The van der Waals surface area contributed by atoms with Crippen molar-refractivity contribution in [2.24, 2.45) is 5.92 Å². The van der Waals surface area contributed by atoms with E-state index in [0.717, 1.165) is 25.7 Å². The molecular formula is C13H23NO3. The first kappa shape index (κ1) is 14.2. The lowest BCUT2D eigenvalue weighted by Gasteiger charge is -2.35. The standard InChI is InChI=1S/C13H23NO3/c1-10-3-6-13(17,7-4-10)9-14-8-5-11(2)12(15)16/h5,10,14,17H,3-4,6-9H2,1-2H3,(H,15,16)/b11-5-. The molecule has 0 aromatic carbocycles. The van der Waals surface area contributed by atoms with Gasteiger partial charge in [0.2, 0.25) is 0 Å². The van der Waals surface area contributed by atoms with E-state index in [9.17, 15) is 9.90 Å². The predicted octanol–water partition coefficient (Wildman–Crippen LogP) is 1.55. The van der Waals surface area contributed by atoms with Gasteiger partial charge in [0.1, 0.15) is 0 Å². The van der Waals surface area contributed by atoms with E-state index in [0.29, 0.717) is 24.6 Å². The number of aliphatic hydroxyl groups is 1. The highest BCUT2D eigenvalue weighted by Gasteiger charge is 2.30. The Morgan fingerprint density at radius 3 is 2.59 bits per heavy atom. The van der Waals surface area contributed by atoms with Crippen LogP contribution in [0.3, 0.4) is 0 Å². The average molecular weight is 241 g/mol. The minimum Gasteiger partial charge on any atom is -0.478 e. The zero-order valence-corrected chi connectivity index (χ0v) is 10.7. The van der Waals surface area contributed by atoms with Crippen molar-refractivity contribution in [1.29, 1.82) is 0 Å². The first-order valence-corrected chi connectivity index (χ1v) is 6.26. The van der Waals surface area contributed by atoms with Crippen LogP contribution in [0, 0.1) is 5.92 Å².